The highest BCUT2D eigenvalue weighted by Gasteiger charge is 2.25. The van der Waals surface area contributed by atoms with E-state index in [0.29, 0.717) is 5.02 Å². The van der Waals surface area contributed by atoms with Crippen LogP contribution in [-0.4, -0.2) is 16.5 Å². The zero-order valence-corrected chi connectivity index (χ0v) is 12.2. The minimum atomic E-state index is 0.0384. The fourth-order valence-corrected chi connectivity index (χ4v) is 2.90. The number of rotatable bonds is 1. The first kappa shape index (κ1) is 12.3. The molecule has 5 heteroatoms. The molecule has 1 heterocycles. The van der Waals surface area contributed by atoms with E-state index in [-0.39, 0.29) is 5.54 Å². The topological polar surface area (TPSA) is 24.4 Å². The van der Waals surface area contributed by atoms with Gasteiger partial charge in [0, 0.05) is 15.9 Å². The van der Waals surface area contributed by atoms with Crippen LogP contribution < -0.4 is 5.32 Å². The summed E-state index contributed by atoms with van der Waals surface area (Å²) in [5.41, 5.74) is 1.04. The molecule has 0 unspecified atom stereocenters. The van der Waals surface area contributed by atoms with Crippen molar-refractivity contribution in [2.24, 2.45) is 4.99 Å². The number of aliphatic imine (C=N–C) groups is 1. The van der Waals surface area contributed by atoms with Crippen LogP contribution in [0.4, 0.5) is 5.69 Å². The van der Waals surface area contributed by atoms with E-state index in [2.05, 4.69) is 40.1 Å². The summed E-state index contributed by atoms with van der Waals surface area (Å²) >= 11 is 11.1. The first-order chi connectivity index (χ1) is 7.46. The summed E-state index contributed by atoms with van der Waals surface area (Å²) in [6, 6.07) is 5.76. The third-order valence-corrected chi connectivity index (χ3v) is 4.67. The Morgan fingerprint density at radius 3 is 2.81 bits per heavy atom. The molecular formula is C11H12BrClN2S. The molecule has 0 fully saturated rings. The van der Waals surface area contributed by atoms with E-state index >= 15 is 0 Å². The maximum atomic E-state index is 5.93. The summed E-state index contributed by atoms with van der Waals surface area (Å²) in [5.74, 6) is 1.02. The van der Waals surface area contributed by atoms with Crippen molar-refractivity contribution in [2.45, 2.75) is 19.4 Å². The van der Waals surface area contributed by atoms with Gasteiger partial charge in [-0.3, -0.25) is 4.99 Å². The van der Waals surface area contributed by atoms with Crippen LogP contribution in [0.1, 0.15) is 13.8 Å². The lowest BCUT2D eigenvalue weighted by molar-refractivity contribution is 0.605. The number of amidine groups is 1. The molecule has 0 saturated heterocycles. The van der Waals surface area contributed by atoms with Gasteiger partial charge in [0.25, 0.3) is 0 Å². The minimum absolute atomic E-state index is 0.0384. The van der Waals surface area contributed by atoms with Gasteiger partial charge in [-0.1, -0.05) is 23.4 Å². The van der Waals surface area contributed by atoms with Crippen LogP contribution in [0.25, 0.3) is 0 Å². The molecule has 0 bridgehead atoms. The molecule has 0 atom stereocenters. The lowest BCUT2D eigenvalue weighted by Gasteiger charge is -2.09. The third-order valence-electron chi connectivity index (χ3n) is 2.14. The molecule has 0 amide bonds. The monoisotopic (exact) mass is 318 g/mol. The Hall–Kier alpha value is -0.190. The van der Waals surface area contributed by atoms with Crippen LogP contribution in [0, 0.1) is 0 Å². The van der Waals surface area contributed by atoms with E-state index < -0.39 is 0 Å². The average Bonchev–Trinajstić information content (AvgIpc) is 2.52. The van der Waals surface area contributed by atoms with E-state index in [1.54, 1.807) is 11.8 Å². The van der Waals surface area contributed by atoms with Gasteiger partial charge in [-0.05, 0) is 48.0 Å². The Labute approximate surface area is 113 Å². The number of thioether (sulfide) groups is 1. The standard InChI is InChI=1S/C11H12BrClN2S/c1-11(2)6-16-10(15-11)14-7-3-4-9(13)8(12)5-7/h3-5H,6H2,1-2H3,(H,14,15). The Bertz CT molecular complexity index is 446. The van der Waals surface area contributed by atoms with Gasteiger partial charge in [0.15, 0.2) is 5.17 Å². The zero-order valence-electron chi connectivity index (χ0n) is 9.05. The van der Waals surface area contributed by atoms with Crippen LogP contribution >= 0.6 is 39.3 Å². The number of anilines is 1. The summed E-state index contributed by atoms with van der Waals surface area (Å²) in [7, 11) is 0. The van der Waals surface area contributed by atoms with Crippen LogP contribution in [0.3, 0.4) is 0 Å². The third kappa shape index (κ3) is 2.93. The number of halogens is 2. The molecule has 16 heavy (non-hydrogen) atoms. The number of nitrogens with zero attached hydrogens (tertiary/aromatic N) is 1. The van der Waals surface area contributed by atoms with Gasteiger partial charge < -0.3 is 5.32 Å². The molecule has 2 nitrogen and oxygen atoms in total. The molecule has 86 valence electrons. The van der Waals surface area contributed by atoms with Crippen molar-refractivity contribution >= 4 is 50.1 Å². The van der Waals surface area contributed by atoms with Crippen molar-refractivity contribution in [1.29, 1.82) is 0 Å². The van der Waals surface area contributed by atoms with Gasteiger partial charge in [-0.25, -0.2) is 0 Å². The molecule has 0 saturated carbocycles. The van der Waals surface area contributed by atoms with E-state index in [4.69, 9.17) is 11.6 Å². The number of hydrogen-bond donors (Lipinski definition) is 1. The zero-order chi connectivity index (χ0) is 11.8. The maximum Gasteiger partial charge on any atom is 0.161 e. The van der Waals surface area contributed by atoms with E-state index in [1.807, 2.05) is 18.2 Å². The predicted molar refractivity (Wildman–Crippen MR) is 76.7 cm³/mol. The molecule has 2 rings (SSSR count). The van der Waals surface area contributed by atoms with Crippen molar-refractivity contribution in [2.75, 3.05) is 11.1 Å². The van der Waals surface area contributed by atoms with Gasteiger partial charge in [0.2, 0.25) is 0 Å². The lowest BCUT2D eigenvalue weighted by Crippen LogP contribution is -2.15. The van der Waals surface area contributed by atoms with Gasteiger partial charge >= 0.3 is 0 Å². The summed E-state index contributed by atoms with van der Waals surface area (Å²) in [6.07, 6.45) is 0. The van der Waals surface area contributed by atoms with E-state index in [0.717, 1.165) is 21.1 Å². The highest BCUT2D eigenvalue weighted by molar-refractivity contribution is 9.10. The SMILES string of the molecule is CC1(C)CSC(Nc2ccc(Cl)c(Br)c2)=N1. The van der Waals surface area contributed by atoms with Crippen LogP contribution in [0.5, 0.6) is 0 Å². The second-order valence-electron chi connectivity index (χ2n) is 4.27. The van der Waals surface area contributed by atoms with Crippen LogP contribution in [0.2, 0.25) is 5.02 Å². The number of hydrogen-bond acceptors (Lipinski definition) is 3. The average molecular weight is 320 g/mol. The molecule has 1 aromatic rings. The molecule has 1 N–H and O–H groups in total. The number of benzene rings is 1. The largest absolute Gasteiger partial charge is 0.335 e. The molecule has 0 spiro atoms. The Morgan fingerprint density at radius 2 is 2.25 bits per heavy atom. The Morgan fingerprint density at radius 1 is 1.50 bits per heavy atom. The molecule has 1 aliphatic rings. The summed E-state index contributed by atoms with van der Waals surface area (Å²) < 4.78 is 0.891. The van der Waals surface area contributed by atoms with Crippen LogP contribution in [-0.2, 0) is 0 Å². The summed E-state index contributed by atoms with van der Waals surface area (Å²) in [5, 5.41) is 4.98. The summed E-state index contributed by atoms with van der Waals surface area (Å²) in [4.78, 5) is 4.59. The lowest BCUT2D eigenvalue weighted by atomic mass is 10.1. The van der Waals surface area contributed by atoms with Gasteiger partial charge in [0.05, 0.1) is 10.6 Å². The predicted octanol–water partition coefficient (Wildman–Crippen LogP) is 4.40. The van der Waals surface area contributed by atoms with Crippen molar-refractivity contribution < 1.29 is 0 Å². The van der Waals surface area contributed by atoms with Gasteiger partial charge in [0.1, 0.15) is 0 Å². The number of nitrogens with one attached hydrogen (secondary N) is 1. The molecule has 0 aromatic heterocycles. The fourth-order valence-electron chi connectivity index (χ4n) is 1.35. The van der Waals surface area contributed by atoms with Crippen molar-refractivity contribution in [3.05, 3.63) is 27.7 Å². The van der Waals surface area contributed by atoms with Crippen molar-refractivity contribution in [3.63, 3.8) is 0 Å². The molecule has 0 radical (unpaired) electrons. The van der Waals surface area contributed by atoms with E-state index in [1.165, 1.54) is 0 Å². The van der Waals surface area contributed by atoms with Gasteiger partial charge in [-0.15, -0.1) is 0 Å². The Kier molecular flexibility index (Phi) is 3.52. The van der Waals surface area contributed by atoms with Crippen molar-refractivity contribution in [1.82, 2.24) is 0 Å². The molecular weight excluding hydrogens is 308 g/mol. The normalized spacial score (nSPS) is 18.4. The molecule has 1 aromatic carbocycles. The van der Waals surface area contributed by atoms with Gasteiger partial charge in [-0.2, -0.15) is 0 Å². The molecule has 1 aliphatic heterocycles. The highest BCUT2D eigenvalue weighted by Crippen LogP contribution is 2.30. The smallest absolute Gasteiger partial charge is 0.161 e. The minimum Gasteiger partial charge on any atom is -0.335 e. The molecule has 0 aliphatic carbocycles. The summed E-state index contributed by atoms with van der Waals surface area (Å²) in [6.45, 7) is 4.26. The second-order valence-corrected chi connectivity index (χ2v) is 6.50. The second kappa shape index (κ2) is 4.59. The quantitative estimate of drug-likeness (QED) is 0.830. The Balaban J connectivity index is 2.13. The first-order valence-electron chi connectivity index (χ1n) is 4.91. The highest BCUT2D eigenvalue weighted by atomic mass is 79.9. The van der Waals surface area contributed by atoms with E-state index in [9.17, 15) is 0 Å². The van der Waals surface area contributed by atoms with Crippen LogP contribution in [0.15, 0.2) is 27.7 Å². The first-order valence-corrected chi connectivity index (χ1v) is 7.07. The van der Waals surface area contributed by atoms with Crippen molar-refractivity contribution in [3.8, 4) is 0 Å². The fraction of sp³-hybridized carbons (Fsp3) is 0.364. The maximum absolute atomic E-state index is 5.93.